The molecule has 6 fully saturated rings. The molecule has 0 N–H and O–H groups in total. The van der Waals surface area contributed by atoms with Crippen molar-refractivity contribution < 1.29 is 23.8 Å². The molecule has 6 rings (SSSR count). The van der Waals surface area contributed by atoms with Crippen LogP contribution in [-0.2, 0) is 23.8 Å². The monoisotopic (exact) mass is 472 g/mol. The molecule has 0 amide bonds. The molecule has 0 bridgehead atoms. The molecule has 3 unspecified atom stereocenters. The molecular weight excluding hydrogens is 428 g/mol. The van der Waals surface area contributed by atoms with Gasteiger partial charge in [0.15, 0.2) is 5.78 Å². The summed E-state index contributed by atoms with van der Waals surface area (Å²) in [5.74, 6) is 2.79. The summed E-state index contributed by atoms with van der Waals surface area (Å²) < 4.78 is 18.6. The van der Waals surface area contributed by atoms with E-state index in [0.29, 0.717) is 42.1 Å². The van der Waals surface area contributed by atoms with Crippen LogP contribution in [0.5, 0.6) is 0 Å². The summed E-state index contributed by atoms with van der Waals surface area (Å²) >= 11 is 0. The smallest absolute Gasteiger partial charge is 0.302 e. The topological polar surface area (TPSA) is 61.8 Å². The minimum atomic E-state index is -0.981. The van der Waals surface area contributed by atoms with Crippen molar-refractivity contribution in [2.45, 2.75) is 110 Å². The number of ether oxygens (including phenoxy) is 3. The maximum Gasteiger partial charge on any atom is 0.302 e. The zero-order valence-corrected chi connectivity index (χ0v) is 21.8. The van der Waals surface area contributed by atoms with E-state index in [1.54, 1.807) is 6.92 Å². The van der Waals surface area contributed by atoms with Crippen molar-refractivity contribution in [3.63, 3.8) is 0 Å². The molecule has 6 aliphatic rings. The van der Waals surface area contributed by atoms with Crippen LogP contribution in [0.25, 0.3) is 0 Å². The normalized spacial score (nSPS) is 56.4. The van der Waals surface area contributed by atoms with Gasteiger partial charge in [-0.1, -0.05) is 27.7 Å². The maximum absolute atomic E-state index is 13.2. The van der Waals surface area contributed by atoms with Crippen molar-refractivity contribution in [2.75, 3.05) is 6.61 Å². The Labute approximate surface area is 205 Å². The number of ketones is 1. The first-order chi connectivity index (χ1) is 16.1. The van der Waals surface area contributed by atoms with Crippen LogP contribution in [0.2, 0.25) is 0 Å². The first-order valence-corrected chi connectivity index (χ1v) is 14.1. The second-order valence-electron chi connectivity index (χ2n) is 13.6. The predicted molar refractivity (Wildman–Crippen MR) is 128 cm³/mol. The highest BCUT2D eigenvalue weighted by Crippen LogP contribution is 2.71. The van der Waals surface area contributed by atoms with Gasteiger partial charge in [-0.2, -0.15) is 0 Å². The lowest BCUT2D eigenvalue weighted by atomic mass is 9.44. The fourth-order valence-corrected chi connectivity index (χ4v) is 10.5. The second kappa shape index (κ2) is 7.78. The maximum atomic E-state index is 13.2. The first kappa shape index (κ1) is 23.5. The Morgan fingerprint density at radius 2 is 1.76 bits per heavy atom. The van der Waals surface area contributed by atoms with Crippen LogP contribution in [0.4, 0.5) is 0 Å². The van der Waals surface area contributed by atoms with E-state index in [-0.39, 0.29) is 35.3 Å². The minimum Gasteiger partial charge on any atom is -0.463 e. The number of fused-ring (bicyclic) bond motifs is 7. The largest absolute Gasteiger partial charge is 0.463 e. The quantitative estimate of drug-likeness (QED) is 0.469. The van der Waals surface area contributed by atoms with E-state index in [2.05, 4.69) is 27.7 Å². The number of hydrogen-bond donors (Lipinski definition) is 0. The van der Waals surface area contributed by atoms with Gasteiger partial charge in [0.2, 0.25) is 5.79 Å². The molecule has 34 heavy (non-hydrogen) atoms. The van der Waals surface area contributed by atoms with Gasteiger partial charge in [0.05, 0.1) is 12.7 Å². The lowest BCUT2D eigenvalue weighted by Crippen LogP contribution is -2.56. The summed E-state index contributed by atoms with van der Waals surface area (Å²) in [5, 5.41) is 0. The predicted octanol–water partition coefficient (Wildman–Crippen LogP) is 5.54. The van der Waals surface area contributed by atoms with Crippen LogP contribution < -0.4 is 0 Å². The number of hydrogen-bond acceptors (Lipinski definition) is 5. The summed E-state index contributed by atoms with van der Waals surface area (Å²) in [5.41, 5.74) is 0.602. The Balaban J connectivity index is 1.22. The lowest BCUT2D eigenvalue weighted by Gasteiger charge is -2.61. The van der Waals surface area contributed by atoms with Gasteiger partial charge in [-0.15, -0.1) is 0 Å². The zero-order chi connectivity index (χ0) is 24.0. The third-order valence-electron chi connectivity index (χ3n) is 12.0. The van der Waals surface area contributed by atoms with Crippen LogP contribution >= 0.6 is 0 Å². The average Bonchev–Trinajstić information content (AvgIpc) is 3.22. The van der Waals surface area contributed by atoms with Crippen molar-refractivity contribution in [3.05, 3.63) is 0 Å². The zero-order valence-electron chi connectivity index (χ0n) is 21.8. The van der Waals surface area contributed by atoms with Gasteiger partial charge >= 0.3 is 5.97 Å². The molecular formula is C29H44O5. The van der Waals surface area contributed by atoms with E-state index in [1.807, 2.05) is 0 Å². The number of rotatable bonds is 1. The Morgan fingerprint density at radius 3 is 2.50 bits per heavy atom. The Hall–Kier alpha value is -0.940. The van der Waals surface area contributed by atoms with Crippen LogP contribution in [0, 0.1) is 52.3 Å². The fraction of sp³-hybridized carbons (Fsp3) is 0.931. The van der Waals surface area contributed by atoms with E-state index >= 15 is 0 Å². The highest BCUT2D eigenvalue weighted by molar-refractivity contribution is 5.87. The fourth-order valence-electron chi connectivity index (χ4n) is 10.5. The Morgan fingerprint density at radius 1 is 1.00 bits per heavy atom. The van der Waals surface area contributed by atoms with Crippen molar-refractivity contribution in [3.8, 4) is 0 Å². The van der Waals surface area contributed by atoms with Crippen molar-refractivity contribution in [1.29, 1.82) is 0 Å². The summed E-state index contributed by atoms with van der Waals surface area (Å²) in [6.07, 6.45) is 10.3. The minimum absolute atomic E-state index is 0.119. The number of esters is 1. The van der Waals surface area contributed by atoms with Gasteiger partial charge in [-0.05, 0) is 97.7 Å². The second-order valence-corrected chi connectivity index (χ2v) is 13.6. The van der Waals surface area contributed by atoms with Gasteiger partial charge in [0.1, 0.15) is 6.10 Å². The van der Waals surface area contributed by atoms with Crippen molar-refractivity contribution in [2.24, 2.45) is 52.3 Å². The average molecular weight is 473 g/mol. The highest BCUT2D eigenvalue weighted by atomic mass is 16.7. The molecule has 190 valence electrons. The van der Waals surface area contributed by atoms with Gasteiger partial charge in [0, 0.05) is 19.3 Å². The number of carbonyl (C=O) groups excluding carboxylic acids is 2. The molecule has 4 aliphatic carbocycles. The van der Waals surface area contributed by atoms with Crippen LogP contribution in [0.3, 0.4) is 0 Å². The highest BCUT2D eigenvalue weighted by Gasteiger charge is 2.70. The van der Waals surface area contributed by atoms with Gasteiger partial charge in [-0.25, -0.2) is 0 Å². The van der Waals surface area contributed by atoms with Crippen LogP contribution in [-0.4, -0.2) is 36.4 Å². The molecule has 5 heteroatoms. The molecule has 5 nitrogen and oxygen atoms in total. The molecule has 4 saturated carbocycles. The van der Waals surface area contributed by atoms with E-state index < -0.39 is 5.79 Å². The molecule has 0 aromatic heterocycles. The molecule has 0 aromatic rings. The van der Waals surface area contributed by atoms with Crippen LogP contribution in [0.1, 0.15) is 92.4 Å². The Kier molecular flexibility index (Phi) is 5.37. The molecule has 0 aromatic carbocycles. The molecule has 12 atom stereocenters. The molecule has 0 radical (unpaired) electrons. The van der Waals surface area contributed by atoms with Crippen molar-refractivity contribution in [1.82, 2.24) is 0 Å². The van der Waals surface area contributed by atoms with Gasteiger partial charge in [-0.3, -0.25) is 9.59 Å². The summed E-state index contributed by atoms with van der Waals surface area (Å²) in [6.45, 7) is 11.6. The lowest BCUT2D eigenvalue weighted by molar-refractivity contribution is -0.252. The van der Waals surface area contributed by atoms with E-state index in [0.717, 1.165) is 31.1 Å². The number of carbonyl (C=O) groups is 2. The Bertz CT molecular complexity index is 871. The summed E-state index contributed by atoms with van der Waals surface area (Å²) in [7, 11) is 0. The number of Topliss-reactive ketones (excluding diaryl/α,β-unsaturated/α-hetero) is 1. The van der Waals surface area contributed by atoms with E-state index in [9.17, 15) is 9.59 Å². The third-order valence-corrected chi connectivity index (χ3v) is 12.0. The van der Waals surface area contributed by atoms with Crippen molar-refractivity contribution >= 4 is 11.8 Å². The molecule has 2 saturated heterocycles. The first-order valence-electron chi connectivity index (χ1n) is 14.1. The molecule has 1 spiro atoms. The third kappa shape index (κ3) is 3.11. The summed E-state index contributed by atoms with van der Waals surface area (Å²) in [4.78, 5) is 24.7. The van der Waals surface area contributed by atoms with Gasteiger partial charge < -0.3 is 14.2 Å². The van der Waals surface area contributed by atoms with E-state index in [4.69, 9.17) is 14.2 Å². The SMILES string of the molecule is CC(=O)OC1CC[C@@]2(C)C(CC[C@H]3[C@@H]4C[C@@H]5O[C@@]6(OCC(C)CC6=O)[C@@H](C)[C@@H]5[C@@]4(C)CC[C@@H]32)C1. The van der Waals surface area contributed by atoms with Crippen LogP contribution in [0.15, 0.2) is 0 Å². The summed E-state index contributed by atoms with van der Waals surface area (Å²) in [6, 6.07) is 0. The molecule has 2 aliphatic heterocycles. The van der Waals surface area contributed by atoms with Gasteiger partial charge in [0.25, 0.3) is 0 Å². The molecule has 2 heterocycles. The standard InChI is InChI=1S/C29H44O5/c1-16-12-25(31)29(32-15-16)17(2)26-24(34-29)14-23-21-7-6-19-13-20(33-18(3)30)8-10-27(19,4)22(21)9-11-28(23,26)5/h16-17,19-24,26H,6-15H2,1-5H3/t16?,17-,19?,20?,21+,22-,23-,24-,26-,27-,28-,29-/m0/s1. The van der Waals surface area contributed by atoms with E-state index in [1.165, 1.54) is 32.1 Å².